The van der Waals surface area contributed by atoms with Gasteiger partial charge in [0.2, 0.25) is 0 Å². The van der Waals surface area contributed by atoms with E-state index in [1.54, 1.807) is 0 Å². The summed E-state index contributed by atoms with van der Waals surface area (Å²) in [7, 11) is 4.40. The lowest BCUT2D eigenvalue weighted by atomic mass is 9.78. The fourth-order valence-electron chi connectivity index (χ4n) is 4.31. The number of aliphatic hydroxyl groups excluding tert-OH is 1. The minimum Gasteiger partial charge on any atom is -0.394 e. The zero-order valence-electron chi connectivity index (χ0n) is 14.4. The predicted octanol–water partition coefficient (Wildman–Crippen LogP) is 1.68. The molecule has 3 atom stereocenters. The molecule has 0 spiro atoms. The van der Waals surface area contributed by atoms with Gasteiger partial charge in [0.15, 0.2) is 0 Å². The van der Waals surface area contributed by atoms with E-state index >= 15 is 0 Å². The van der Waals surface area contributed by atoms with Crippen LogP contribution >= 0.6 is 0 Å². The summed E-state index contributed by atoms with van der Waals surface area (Å²) >= 11 is 0. The van der Waals surface area contributed by atoms with Crippen LogP contribution in [-0.4, -0.2) is 72.4 Å². The summed E-state index contributed by atoms with van der Waals surface area (Å²) in [6, 6.07) is 1.77. The highest BCUT2D eigenvalue weighted by Crippen LogP contribution is 2.33. The van der Waals surface area contributed by atoms with Crippen molar-refractivity contribution in [3.05, 3.63) is 0 Å². The molecule has 0 aromatic rings. The van der Waals surface area contributed by atoms with E-state index in [2.05, 4.69) is 43.1 Å². The van der Waals surface area contributed by atoms with E-state index in [1.165, 1.54) is 38.8 Å². The zero-order valence-corrected chi connectivity index (χ0v) is 14.4. The SMILES string of the molecule is CC(C)NC1(CO)CCCC(N2CCCC(N(C)C)C2)C1. The molecule has 21 heavy (non-hydrogen) atoms. The van der Waals surface area contributed by atoms with Crippen LogP contribution in [0.25, 0.3) is 0 Å². The van der Waals surface area contributed by atoms with Gasteiger partial charge in [-0.3, -0.25) is 4.90 Å². The third-order valence-corrected chi connectivity index (χ3v) is 5.39. The van der Waals surface area contributed by atoms with E-state index in [0.717, 1.165) is 12.8 Å². The van der Waals surface area contributed by atoms with E-state index in [-0.39, 0.29) is 12.1 Å². The third kappa shape index (κ3) is 4.41. The molecule has 3 unspecified atom stereocenters. The molecule has 0 radical (unpaired) electrons. The standard InChI is InChI=1S/C17H35N3O/c1-14(2)18-17(13-21)9-5-7-15(11-17)20-10-6-8-16(12-20)19(3)4/h14-16,18,21H,5-13H2,1-4H3. The first kappa shape index (κ1) is 17.2. The Kier molecular flexibility index (Phi) is 6.06. The lowest BCUT2D eigenvalue weighted by Crippen LogP contribution is -2.59. The van der Waals surface area contributed by atoms with Crippen molar-refractivity contribution in [1.29, 1.82) is 0 Å². The van der Waals surface area contributed by atoms with E-state index in [4.69, 9.17) is 0 Å². The Labute approximate surface area is 130 Å². The number of aliphatic hydroxyl groups is 1. The Hall–Kier alpha value is -0.160. The molecular formula is C17H35N3O. The summed E-state index contributed by atoms with van der Waals surface area (Å²) in [6.45, 7) is 7.07. The largest absolute Gasteiger partial charge is 0.394 e. The second-order valence-electron chi connectivity index (χ2n) is 7.74. The van der Waals surface area contributed by atoms with Gasteiger partial charge in [0, 0.05) is 30.2 Å². The Morgan fingerprint density at radius 2 is 2.05 bits per heavy atom. The number of nitrogens with one attached hydrogen (secondary N) is 1. The number of likely N-dealkylation sites (N-methyl/N-ethyl adjacent to an activating group) is 1. The normalized spacial score (nSPS) is 35.6. The van der Waals surface area contributed by atoms with E-state index < -0.39 is 0 Å². The van der Waals surface area contributed by atoms with Gasteiger partial charge in [0.1, 0.15) is 0 Å². The molecule has 2 aliphatic rings. The van der Waals surface area contributed by atoms with Crippen LogP contribution in [0.15, 0.2) is 0 Å². The van der Waals surface area contributed by atoms with Crippen LogP contribution in [0, 0.1) is 0 Å². The maximum atomic E-state index is 9.96. The highest BCUT2D eigenvalue weighted by atomic mass is 16.3. The fourth-order valence-corrected chi connectivity index (χ4v) is 4.31. The van der Waals surface area contributed by atoms with E-state index in [0.29, 0.717) is 18.1 Å². The summed E-state index contributed by atoms with van der Waals surface area (Å²) in [5.74, 6) is 0. The molecule has 1 aliphatic carbocycles. The van der Waals surface area contributed by atoms with Crippen LogP contribution in [-0.2, 0) is 0 Å². The van der Waals surface area contributed by atoms with Crippen LogP contribution in [0.4, 0.5) is 0 Å². The van der Waals surface area contributed by atoms with Crippen molar-refractivity contribution in [2.45, 2.75) is 76.0 Å². The molecule has 1 aliphatic heterocycles. The number of rotatable bonds is 5. The van der Waals surface area contributed by atoms with Crippen LogP contribution in [0.3, 0.4) is 0 Å². The molecule has 1 heterocycles. The molecule has 124 valence electrons. The van der Waals surface area contributed by atoms with Gasteiger partial charge in [-0.15, -0.1) is 0 Å². The molecule has 1 saturated carbocycles. The van der Waals surface area contributed by atoms with Crippen LogP contribution in [0.1, 0.15) is 52.4 Å². The van der Waals surface area contributed by atoms with Gasteiger partial charge >= 0.3 is 0 Å². The number of nitrogens with zero attached hydrogens (tertiary/aromatic N) is 2. The van der Waals surface area contributed by atoms with Crippen molar-refractivity contribution in [3.63, 3.8) is 0 Å². The number of piperidine rings is 1. The summed E-state index contributed by atoms with van der Waals surface area (Å²) < 4.78 is 0. The third-order valence-electron chi connectivity index (χ3n) is 5.39. The summed E-state index contributed by atoms with van der Waals surface area (Å²) in [5.41, 5.74) is -0.0534. The summed E-state index contributed by atoms with van der Waals surface area (Å²) in [4.78, 5) is 5.07. The minimum absolute atomic E-state index is 0.0534. The quantitative estimate of drug-likeness (QED) is 0.810. The monoisotopic (exact) mass is 297 g/mol. The second kappa shape index (κ2) is 7.40. The van der Waals surface area contributed by atoms with Gasteiger partial charge in [-0.2, -0.15) is 0 Å². The van der Waals surface area contributed by atoms with Crippen molar-refractivity contribution >= 4 is 0 Å². The van der Waals surface area contributed by atoms with Crippen molar-refractivity contribution in [2.75, 3.05) is 33.8 Å². The number of hydrogen-bond donors (Lipinski definition) is 2. The lowest BCUT2D eigenvalue weighted by molar-refractivity contribution is 0.0286. The molecule has 4 nitrogen and oxygen atoms in total. The van der Waals surface area contributed by atoms with Gasteiger partial charge in [0.05, 0.1) is 6.61 Å². The van der Waals surface area contributed by atoms with Gasteiger partial charge in [-0.1, -0.05) is 13.8 Å². The Morgan fingerprint density at radius 1 is 1.29 bits per heavy atom. The van der Waals surface area contributed by atoms with Crippen LogP contribution in [0.5, 0.6) is 0 Å². The maximum Gasteiger partial charge on any atom is 0.0613 e. The fraction of sp³-hybridized carbons (Fsp3) is 1.00. The first-order valence-corrected chi connectivity index (χ1v) is 8.75. The van der Waals surface area contributed by atoms with Gasteiger partial charge < -0.3 is 15.3 Å². The van der Waals surface area contributed by atoms with Crippen molar-refractivity contribution in [1.82, 2.24) is 15.1 Å². The molecule has 4 heteroatoms. The molecular weight excluding hydrogens is 262 g/mol. The molecule has 0 amide bonds. The Bertz CT molecular complexity index is 321. The second-order valence-corrected chi connectivity index (χ2v) is 7.74. The molecule has 2 N–H and O–H groups in total. The minimum atomic E-state index is -0.0534. The van der Waals surface area contributed by atoms with Crippen molar-refractivity contribution < 1.29 is 5.11 Å². The first-order valence-electron chi connectivity index (χ1n) is 8.75. The summed E-state index contributed by atoms with van der Waals surface area (Å²) in [6.07, 6.45) is 7.37. The Morgan fingerprint density at radius 3 is 2.67 bits per heavy atom. The zero-order chi connectivity index (χ0) is 15.5. The highest BCUT2D eigenvalue weighted by Gasteiger charge is 2.39. The topological polar surface area (TPSA) is 38.7 Å². The molecule has 0 bridgehead atoms. The van der Waals surface area contributed by atoms with Gasteiger partial charge in [0.25, 0.3) is 0 Å². The van der Waals surface area contributed by atoms with Gasteiger partial charge in [-0.25, -0.2) is 0 Å². The van der Waals surface area contributed by atoms with Gasteiger partial charge in [-0.05, 0) is 59.2 Å². The lowest BCUT2D eigenvalue weighted by Gasteiger charge is -2.48. The molecule has 2 fully saturated rings. The van der Waals surface area contributed by atoms with Crippen molar-refractivity contribution in [3.8, 4) is 0 Å². The predicted molar refractivity (Wildman–Crippen MR) is 88.6 cm³/mol. The molecule has 0 aromatic heterocycles. The highest BCUT2D eigenvalue weighted by molar-refractivity contribution is 4.98. The Balaban J connectivity index is 1.99. The average molecular weight is 297 g/mol. The van der Waals surface area contributed by atoms with E-state index in [1.807, 2.05) is 0 Å². The van der Waals surface area contributed by atoms with Crippen LogP contribution < -0.4 is 5.32 Å². The molecule has 0 aromatic carbocycles. The number of hydrogen-bond acceptors (Lipinski definition) is 4. The molecule has 1 saturated heterocycles. The number of likely N-dealkylation sites (tertiary alicyclic amines) is 1. The van der Waals surface area contributed by atoms with E-state index in [9.17, 15) is 5.11 Å². The first-order chi connectivity index (χ1) is 9.96. The summed E-state index contributed by atoms with van der Waals surface area (Å²) in [5, 5.41) is 13.6. The maximum absolute atomic E-state index is 9.96. The molecule has 2 rings (SSSR count). The van der Waals surface area contributed by atoms with Crippen molar-refractivity contribution in [2.24, 2.45) is 0 Å². The van der Waals surface area contributed by atoms with Crippen LogP contribution in [0.2, 0.25) is 0 Å². The average Bonchev–Trinajstić information content (AvgIpc) is 2.47. The smallest absolute Gasteiger partial charge is 0.0613 e.